The fraction of sp³-hybridized carbons (Fsp3) is 0.176. The maximum Gasteiger partial charge on any atom is 0.226 e. The molecule has 6 heteroatoms. The van der Waals surface area contributed by atoms with Gasteiger partial charge in [0.25, 0.3) is 0 Å². The number of hydrogen-bond donors (Lipinski definition) is 1. The van der Waals surface area contributed by atoms with Gasteiger partial charge in [-0.05, 0) is 17.5 Å². The number of aromatic nitrogens is 1. The average Bonchev–Trinajstić information content (AvgIpc) is 3.24. The molecule has 3 rings (SSSR count). The van der Waals surface area contributed by atoms with E-state index in [0.29, 0.717) is 18.0 Å². The monoisotopic (exact) mass is 328 g/mol. The Morgan fingerprint density at radius 1 is 1.30 bits per heavy atom. The summed E-state index contributed by atoms with van der Waals surface area (Å²) in [7, 11) is 1.61. The van der Waals surface area contributed by atoms with Crippen molar-refractivity contribution >= 4 is 17.2 Å². The predicted molar refractivity (Wildman–Crippen MR) is 88.4 cm³/mol. The first-order valence-electron chi connectivity index (χ1n) is 7.14. The van der Waals surface area contributed by atoms with Gasteiger partial charge in [0.15, 0.2) is 5.76 Å². The highest BCUT2D eigenvalue weighted by atomic mass is 32.1. The number of nitrogens with one attached hydrogen (secondary N) is 1. The molecule has 0 fully saturated rings. The molecule has 0 atom stereocenters. The molecule has 0 saturated carbocycles. The third-order valence-corrected chi connectivity index (χ3v) is 4.22. The van der Waals surface area contributed by atoms with E-state index >= 15 is 0 Å². The van der Waals surface area contributed by atoms with E-state index in [1.165, 1.54) is 0 Å². The van der Waals surface area contributed by atoms with Crippen molar-refractivity contribution in [2.75, 3.05) is 7.11 Å². The summed E-state index contributed by atoms with van der Waals surface area (Å²) in [5, 5.41) is 8.78. The average molecular weight is 328 g/mol. The van der Waals surface area contributed by atoms with Crippen molar-refractivity contribution in [1.29, 1.82) is 0 Å². The van der Waals surface area contributed by atoms with Gasteiger partial charge >= 0.3 is 0 Å². The Kier molecular flexibility index (Phi) is 4.73. The van der Waals surface area contributed by atoms with Crippen molar-refractivity contribution in [3.8, 4) is 16.4 Å². The minimum absolute atomic E-state index is 0.109. The summed E-state index contributed by atoms with van der Waals surface area (Å²) in [6.07, 6.45) is 0.185. The third kappa shape index (κ3) is 3.78. The number of carbonyl (C=O) groups is 1. The maximum atomic E-state index is 12.1. The highest BCUT2D eigenvalue weighted by Gasteiger charge is 2.11. The summed E-state index contributed by atoms with van der Waals surface area (Å²) < 4.78 is 10.5. The van der Waals surface area contributed by atoms with Crippen molar-refractivity contribution in [1.82, 2.24) is 10.5 Å². The molecule has 5 nitrogen and oxygen atoms in total. The third-order valence-electron chi connectivity index (χ3n) is 3.33. The minimum Gasteiger partial charge on any atom is -0.496 e. The summed E-state index contributed by atoms with van der Waals surface area (Å²) in [5.74, 6) is 1.34. The van der Waals surface area contributed by atoms with Gasteiger partial charge < -0.3 is 14.6 Å². The molecule has 2 aromatic heterocycles. The fourth-order valence-electron chi connectivity index (χ4n) is 2.20. The Morgan fingerprint density at radius 2 is 2.17 bits per heavy atom. The lowest BCUT2D eigenvalue weighted by atomic mass is 10.2. The number of carbonyl (C=O) groups excluding carboxylic acids is 1. The van der Waals surface area contributed by atoms with Gasteiger partial charge in [-0.25, -0.2) is 0 Å². The van der Waals surface area contributed by atoms with Crippen LogP contribution in [0.5, 0.6) is 5.75 Å². The number of ether oxygens (including phenoxy) is 1. The summed E-state index contributed by atoms with van der Waals surface area (Å²) in [4.78, 5) is 13.0. The number of thiophene rings is 1. The molecule has 118 valence electrons. The van der Waals surface area contributed by atoms with Gasteiger partial charge in [0.05, 0.1) is 24.1 Å². The van der Waals surface area contributed by atoms with Crippen LogP contribution in [0.15, 0.2) is 52.4 Å². The predicted octanol–water partition coefficient (Wildman–Crippen LogP) is 3.27. The lowest BCUT2D eigenvalue weighted by molar-refractivity contribution is -0.120. The standard InChI is InChI=1S/C17H16N2O3S/c1-21-14-6-3-2-5-12(14)11-18-17(20)10-13-9-15(22-19-13)16-7-4-8-23-16/h2-9H,10-11H2,1H3,(H,18,20). The zero-order chi connectivity index (χ0) is 16.1. The number of hydrogen-bond acceptors (Lipinski definition) is 5. The van der Waals surface area contributed by atoms with Crippen LogP contribution in [-0.4, -0.2) is 18.2 Å². The first-order valence-corrected chi connectivity index (χ1v) is 8.02. The quantitative estimate of drug-likeness (QED) is 0.754. The smallest absolute Gasteiger partial charge is 0.226 e. The molecule has 0 aliphatic carbocycles. The van der Waals surface area contributed by atoms with E-state index < -0.39 is 0 Å². The van der Waals surface area contributed by atoms with Crippen LogP contribution < -0.4 is 10.1 Å². The van der Waals surface area contributed by atoms with E-state index in [1.54, 1.807) is 24.5 Å². The van der Waals surface area contributed by atoms with E-state index in [2.05, 4.69) is 10.5 Å². The van der Waals surface area contributed by atoms with Crippen molar-refractivity contribution in [2.45, 2.75) is 13.0 Å². The van der Waals surface area contributed by atoms with Crippen LogP contribution in [0.2, 0.25) is 0 Å². The maximum absolute atomic E-state index is 12.1. The summed E-state index contributed by atoms with van der Waals surface area (Å²) in [6.45, 7) is 0.415. The topological polar surface area (TPSA) is 64.4 Å². The van der Waals surface area contributed by atoms with Crippen molar-refractivity contribution < 1.29 is 14.1 Å². The van der Waals surface area contributed by atoms with E-state index in [1.807, 2.05) is 41.8 Å². The highest BCUT2D eigenvalue weighted by molar-refractivity contribution is 7.13. The van der Waals surface area contributed by atoms with Gasteiger partial charge in [-0.1, -0.05) is 29.4 Å². The zero-order valence-electron chi connectivity index (χ0n) is 12.6. The summed E-state index contributed by atoms with van der Waals surface area (Å²) >= 11 is 1.57. The van der Waals surface area contributed by atoms with Gasteiger partial charge in [-0.3, -0.25) is 4.79 Å². The number of rotatable bonds is 6. The first-order chi connectivity index (χ1) is 11.3. The first kappa shape index (κ1) is 15.3. The normalized spacial score (nSPS) is 10.5. The van der Waals surface area contributed by atoms with E-state index in [9.17, 15) is 4.79 Å². The lowest BCUT2D eigenvalue weighted by Gasteiger charge is -2.08. The van der Waals surface area contributed by atoms with Gasteiger partial charge in [0, 0.05) is 18.2 Å². The molecular formula is C17H16N2O3S. The van der Waals surface area contributed by atoms with Crippen LogP contribution >= 0.6 is 11.3 Å². The molecule has 1 N–H and O–H groups in total. The Labute approximate surface area is 137 Å². The molecule has 0 radical (unpaired) electrons. The molecule has 1 amide bonds. The molecule has 0 spiro atoms. The second-order valence-electron chi connectivity index (χ2n) is 4.93. The van der Waals surface area contributed by atoms with Crippen LogP contribution in [0.3, 0.4) is 0 Å². The molecule has 3 aromatic rings. The number of methoxy groups -OCH3 is 1. The SMILES string of the molecule is COc1ccccc1CNC(=O)Cc1cc(-c2cccs2)on1. The molecule has 0 bridgehead atoms. The Morgan fingerprint density at radius 3 is 2.96 bits per heavy atom. The molecule has 0 saturated heterocycles. The molecule has 0 aliphatic heterocycles. The van der Waals surface area contributed by atoms with Gasteiger partial charge in [0.2, 0.25) is 5.91 Å². The Bertz CT molecular complexity index is 781. The largest absolute Gasteiger partial charge is 0.496 e. The second kappa shape index (κ2) is 7.11. The molecule has 0 unspecified atom stereocenters. The molecule has 23 heavy (non-hydrogen) atoms. The van der Waals surface area contributed by atoms with Crippen LogP contribution in [0, 0.1) is 0 Å². The number of nitrogens with zero attached hydrogens (tertiary/aromatic N) is 1. The number of amides is 1. The van der Waals surface area contributed by atoms with Crippen LogP contribution in [-0.2, 0) is 17.8 Å². The van der Waals surface area contributed by atoms with E-state index in [-0.39, 0.29) is 12.3 Å². The highest BCUT2D eigenvalue weighted by Crippen LogP contribution is 2.25. The molecule has 2 heterocycles. The molecule has 1 aromatic carbocycles. The van der Waals surface area contributed by atoms with Gasteiger partial charge in [0.1, 0.15) is 5.75 Å². The van der Waals surface area contributed by atoms with Gasteiger partial charge in [-0.15, -0.1) is 11.3 Å². The Hall–Kier alpha value is -2.60. The number of benzene rings is 1. The lowest BCUT2D eigenvalue weighted by Crippen LogP contribution is -2.24. The minimum atomic E-state index is -0.109. The Balaban J connectivity index is 1.57. The van der Waals surface area contributed by atoms with E-state index in [0.717, 1.165) is 16.2 Å². The fourth-order valence-corrected chi connectivity index (χ4v) is 2.87. The molecular weight excluding hydrogens is 312 g/mol. The van der Waals surface area contributed by atoms with Crippen molar-refractivity contribution in [3.63, 3.8) is 0 Å². The van der Waals surface area contributed by atoms with Crippen molar-refractivity contribution in [3.05, 3.63) is 59.1 Å². The summed E-state index contributed by atoms with van der Waals surface area (Å²) in [6, 6.07) is 13.3. The summed E-state index contributed by atoms with van der Waals surface area (Å²) in [5.41, 5.74) is 1.55. The van der Waals surface area contributed by atoms with Crippen molar-refractivity contribution in [2.24, 2.45) is 0 Å². The van der Waals surface area contributed by atoms with Crippen LogP contribution in [0.25, 0.3) is 10.6 Å². The second-order valence-corrected chi connectivity index (χ2v) is 5.87. The van der Waals surface area contributed by atoms with Gasteiger partial charge in [-0.2, -0.15) is 0 Å². The zero-order valence-corrected chi connectivity index (χ0v) is 13.4. The number of para-hydroxylation sites is 1. The van der Waals surface area contributed by atoms with Crippen LogP contribution in [0.1, 0.15) is 11.3 Å². The van der Waals surface area contributed by atoms with E-state index in [4.69, 9.17) is 9.26 Å². The van der Waals surface area contributed by atoms with Crippen LogP contribution in [0.4, 0.5) is 0 Å². The molecule has 0 aliphatic rings.